The fourth-order valence-corrected chi connectivity index (χ4v) is 0.160. The van der Waals surface area contributed by atoms with Crippen LogP contribution in [0.1, 0.15) is 6.92 Å². The van der Waals surface area contributed by atoms with Crippen molar-refractivity contribution in [1.82, 2.24) is 4.90 Å². The molecule has 1 amide bonds. The van der Waals surface area contributed by atoms with E-state index in [-0.39, 0.29) is 0 Å². The van der Waals surface area contributed by atoms with Gasteiger partial charge in [-0.05, 0) is 6.92 Å². The fraction of sp³-hybridized carbons (Fsp3) is 0.750. The minimum Gasteiger partial charge on any atom is -0.465 e. The summed E-state index contributed by atoms with van der Waals surface area (Å²) in [6, 6.07) is 0. The minimum absolute atomic E-state index is 0.806. The van der Waals surface area contributed by atoms with E-state index < -0.39 is 12.3 Å². The number of hydrogen-bond donors (Lipinski definition) is 2. The molecule has 0 aliphatic rings. The van der Waals surface area contributed by atoms with Crippen molar-refractivity contribution in [3.8, 4) is 0 Å². The van der Waals surface area contributed by atoms with Crippen molar-refractivity contribution in [3.05, 3.63) is 0 Å². The van der Waals surface area contributed by atoms with Crippen LogP contribution in [0, 0.1) is 0 Å². The third-order valence-electron chi connectivity index (χ3n) is 0.862. The highest BCUT2D eigenvalue weighted by Crippen LogP contribution is 1.88. The molecule has 0 rings (SSSR count). The second-order valence-electron chi connectivity index (χ2n) is 1.53. The number of carbonyl (C=O) groups is 1. The predicted octanol–water partition coefficient (Wildman–Crippen LogP) is -0.0655. The number of carboxylic acid groups (broad SMARTS) is 1. The van der Waals surface area contributed by atoms with Crippen LogP contribution in [0.4, 0.5) is 4.79 Å². The van der Waals surface area contributed by atoms with E-state index in [2.05, 4.69) is 0 Å². The molecule has 1 atom stereocenters. The van der Waals surface area contributed by atoms with Crippen molar-refractivity contribution in [1.29, 1.82) is 0 Å². The van der Waals surface area contributed by atoms with E-state index in [1.54, 1.807) is 0 Å². The maximum atomic E-state index is 9.91. The Morgan fingerprint density at radius 1 is 1.75 bits per heavy atom. The fourth-order valence-electron chi connectivity index (χ4n) is 0.160. The summed E-state index contributed by atoms with van der Waals surface area (Å²) in [7, 11) is 1.30. The number of amides is 1. The Morgan fingerprint density at radius 3 is 2.12 bits per heavy atom. The quantitative estimate of drug-likeness (QED) is 0.475. The smallest absolute Gasteiger partial charge is 0.409 e. The lowest BCUT2D eigenvalue weighted by Gasteiger charge is -2.14. The Hall–Kier alpha value is -0.770. The van der Waals surface area contributed by atoms with Gasteiger partial charge in [-0.2, -0.15) is 0 Å². The molecular formula is C4H9NO3. The molecule has 2 N–H and O–H groups in total. The zero-order chi connectivity index (χ0) is 6.73. The van der Waals surface area contributed by atoms with Crippen LogP contribution in [0.2, 0.25) is 0 Å². The van der Waals surface area contributed by atoms with Crippen LogP contribution in [-0.2, 0) is 0 Å². The summed E-state index contributed by atoms with van der Waals surface area (Å²) in [5.41, 5.74) is 0. The molecule has 0 aromatic heterocycles. The Kier molecular flexibility index (Phi) is 2.27. The maximum Gasteiger partial charge on any atom is 0.409 e. The molecule has 0 saturated carbocycles. The number of aliphatic hydroxyl groups excluding tert-OH is 1. The summed E-state index contributed by atoms with van der Waals surface area (Å²) in [4.78, 5) is 10.7. The Balaban J connectivity index is 3.64. The number of hydrogen-bond acceptors (Lipinski definition) is 2. The van der Waals surface area contributed by atoms with Gasteiger partial charge in [0.1, 0.15) is 6.23 Å². The van der Waals surface area contributed by atoms with E-state index in [0.29, 0.717) is 0 Å². The van der Waals surface area contributed by atoms with Crippen LogP contribution in [0.15, 0.2) is 0 Å². The molecule has 0 unspecified atom stereocenters. The van der Waals surface area contributed by atoms with Gasteiger partial charge in [-0.25, -0.2) is 4.79 Å². The molecule has 0 heterocycles. The molecule has 0 radical (unpaired) electrons. The Labute approximate surface area is 47.3 Å². The third kappa shape index (κ3) is 1.79. The lowest BCUT2D eigenvalue weighted by atomic mass is 10.6. The molecule has 8 heavy (non-hydrogen) atoms. The summed E-state index contributed by atoms with van der Waals surface area (Å²) in [5, 5.41) is 16.7. The average Bonchev–Trinajstić information content (AvgIpc) is 1.64. The maximum absolute atomic E-state index is 9.91. The molecule has 0 fully saturated rings. The summed E-state index contributed by atoms with van der Waals surface area (Å²) in [6.07, 6.45) is -2.05. The normalized spacial score (nSPS) is 12.9. The van der Waals surface area contributed by atoms with Crippen LogP contribution >= 0.6 is 0 Å². The summed E-state index contributed by atoms with van der Waals surface area (Å²) < 4.78 is 0. The van der Waals surface area contributed by atoms with Gasteiger partial charge in [0.15, 0.2) is 0 Å². The van der Waals surface area contributed by atoms with Crippen LogP contribution in [-0.4, -0.2) is 34.5 Å². The molecule has 4 nitrogen and oxygen atoms in total. The minimum atomic E-state index is -1.12. The van der Waals surface area contributed by atoms with Gasteiger partial charge in [0.05, 0.1) is 0 Å². The van der Waals surface area contributed by atoms with E-state index in [0.717, 1.165) is 4.90 Å². The van der Waals surface area contributed by atoms with Crippen LogP contribution < -0.4 is 0 Å². The second kappa shape index (κ2) is 2.52. The van der Waals surface area contributed by atoms with Gasteiger partial charge in [-0.1, -0.05) is 0 Å². The largest absolute Gasteiger partial charge is 0.465 e. The van der Waals surface area contributed by atoms with Gasteiger partial charge in [0, 0.05) is 7.05 Å². The predicted molar refractivity (Wildman–Crippen MR) is 27.5 cm³/mol. The molecule has 0 aliphatic carbocycles. The molecule has 0 aliphatic heterocycles. The SMILES string of the molecule is C[C@H](O)N(C)C(=O)O. The highest BCUT2D eigenvalue weighted by molar-refractivity contribution is 5.64. The summed E-state index contributed by atoms with van der Waals surface area (Å²) in [5.74, 6) is 0. The van der Waals surface area contributed by atoms with Crippen LogP contribution in [0.3, 0.4) is 0 Å². The van der Waals surface area contributed by atoms with E-state index in [4.69, 9.17) is 10.2 Å². The first-order valence-corrected chi connectivity index (χ1v) is 2.19. The van der Waals surface area contributed by atoms with Crippen molar-refractivity contribution in [2.24, 2.45) is 0 Å². The zero-order valence-corrected chi connectivity index (χ0v) is 4.83. The lowest BCUT2D eigenvalue weighted by molar-refractivity contribution is 0.0410. The lowest BCUT2D eigenvalue weighted by Crippen LogP contribution is -2.33. The molecule has 4 heteroatoms. The Morgan fingerprint density at radius 2 is 2.12 bits per heavy atom. The van der Waals surface area contributed by atoms with E-state index >= 15 is 0 Å². The molecular weight excluding hydrogens is 110 g/mol. The van der Waals surface area contributed by atoms with Gasteiger partial charge < -0.3 is 10.2 Å². The molecule has 0 bridgehead atoms. The van der Waals surface area contributed by atoms with Gasteiger partial charge in [-0.15, -0.1) is 0 Å². The molecule has 0 spiro atoms. The van der Waals surface area contributed by atoms with Gasteiger partial charge in [0.2, 0.25) is 0 Å². The first-order valence-electron chi connectivity index (χ1n) is 2.19. The number of rotatable bonds is 1. The highest BCUT2D eigenvalue weighted by Gasteiger charge is 2.08. The number of aliphatic hydroxyl groups is 1. The highest BCUT2D eigenvalue weighted by atomic mass is 16.4. The summed E-state index contributed by atoms with van der Waals surface area (Å²) >= 11 is 0. The standard InChI is InChI=1S/C4H9NO3/c1-3(6)5(2)4(7)8/h3,6H,1-2H3,(H,7,8)/t3-/m0/s1. The van der Waals surface area contributed by atoms with Crippen molar-refractivity contribution in [2.75, 3.05) is 7.05 Å². The topological polar surface area (TPSA) is 60.8 Å². The van der Waals surface area contributed by atoms with Crippen LogP contribution in [0.5, 0.6) is 0 Å². The molecule has 0 aromatic rings. The van der Waals surface area contributed by atoms with Crippen molar-refractivity contribution >= 4 is 6.09 Å². The zero-order valence-electron chi connectivity index (χ0n) is 4.83. The van der Waals surface area contributed by atoms with Crippen LogP contribution in [0.25, 0.3) is 0 Å². The van der Waals surface area contributed by atoms with Crippen molar-refractivity contribution < 1.29 is 15.0 Å². The van der Waals surface area contributed by atoms with E-state index in [1.807, 2.05) is 0 Å². The first kappa shape index (κ1) is 7.23. The summed E-state index contributed by atoms with van der Waals surface area (Å²) in [6.45, 7) is 1.38. The van der Waals surface area contributed by atoms with E-state index in [9.17, 15) is 4.79 Å². The number of nitrogens with zero attached hydrogens (tertiary/aromatic N) is 1. The van der Waals surface area contributed by atoms with Crippen molar-refractivity contribution in [3.63, 3.8) is 0 Å². The molecule has 48 valence electrons. The van der Waals surface area contributed by atoms with Crippen molar-refractivity contribution in [2.45, 2.75) is 13.2 Å². The first-order chi connectivity index (χ1) is 3.55. The third-order valence-corrected chi connectivity index (χ3v) is 0.862. The molecule has 0 saturated heterocycles. The van der Waals surface area contributed by atoms with Gasteiger partial charge in [-0.3, -0.25) is 4.90 Å². The van der Waals surface area contributed by atoms with Gasteiger partial charge >= 0.3 is 6.09 Å². The van der Waals surface area contributed by atoms with Gasteiger partial charge in [0.25, 0.3) is 0 Å². The average molecular weight is 119 g/mol. The molecule has 0 aromatic carbocycles. The monoisotopic (exact) mass is 119 g/mol. The van der Waals surface area contributed by atoms with E-state index in [1.165, 1.54) is 14.0 Å². The Bertz CT molecular complexity index is 91.3. The second-order valence-corrected chi connectivity index (χ2v) is 1.53.